The largest absolute Gasteiger partial charge is 0.459 e. The van der Waals surface area contributed by atoms with Crippen LogP contribution in [-0.2, 0) is 47.8 Å². The number of carbonyl (C=O) groups excluding carboxylic acids is 4. The molecule has 0 saturated carbocycles. The first kappa shape index (κ1) is 57.7. The zero-order valence-electron chi connectivity index (χ0n) is 42.3. The summed E-state index contributed by atoms with van der Waals surface area (Å²) in [5, 5.41) is 57.6. The molecule has 2 aromatic rings. The van der Waals surface area contributed by atoms with Crippen LogP contribution in [0.1, 0.15) is 116 Å². The Hall–Kier alpha value is -3.92. The Morgan fingerprint density at radius 1 is 0.768 bits per heavy atom. The average Bonchev–Trinajstić information content (AvgIpc) is 3.32. The summed E-state index contributed by atoms with van der Waals surface area (Å²) in [6, 6.07) is 16.3. The van der Waals surface area contributed by atoms with Crippen LogP contribution in [0.4, 0.5) is 0 Å². The Morgan fingerprint density at radius 3 is 1.80 bits per heavy atom. The van der Waals surface area contributed by atoms with Gasteiger partial charge >= 0.3 is 17.9 Å². The molecular weight excluding hydrogens is 899 g/mol. The number of likely N-dealkylation sites (N-methyl/N-ethyl adjacent to an activating group) is 1. The van der Waals surface area contributed by atoms with Crippen molar-refractivity contribution in [2.75, 3.05) is 21.2 Å². The monoisotopic (exact) mass is 976 g/mol. The lowest BCUT2D eigenvalue weighted by atomic mass is 9.74. The number of methoxy groups -OCH3 is 1. The van der Waals surface area contributed by atoms with Gasteiger partial charge in [0, 0.05) is 37.3 Å². The van der Waals surface area contributed by atoms with E-state index >= 15 is 0 Å². The van der Waals surface area contributed by atoms with Gasteiger partial charge in [0.05, 0.1) is 58.8 Å². The summed E-state index contributed by atoms with van der Waals surface area (Å²) in [5.74, 6) is -6.39. The van der Waals surface area contributed by atoms with E-state index in [4.69, 9.17) is 28.4 Å². The van der Waals surface area contributed by atoms with Crippen LogP contribution in [0.25, 0.3) is 0 Å². The molecule has 3 heterocycles. The SMILES string of the molecule is CC[C@H]1OC(=O)[C@H](C)[C@@H](OC2CC(C)(OC)C(O)C(C)O2)[C@H](C)[C@@H](OC2OC(C)CC(N(C)C)C2O)[C@](C)(O)C[C@@H](C)C(=O)[C@H](C)[C@@H](O)[C@]1(C)O.O=C(OOC(=O)c1ccccc1)c1ccccc1. The van der Waals surface area contributed by atoms with Gasteiger partial charge in [-0.25, -0.2) is 19.4 Å². The highest BCUT2D eigenvalue weighted by molar-refractivity contribution is 5.92. The summed E-state index contributed by atoms with van der Waals surface area (Å²) in [4.78, 5) is 61.6. The first-order valence-electron chi connectivity index (χ1n) is 23.8. The molecule has 3 aliphatic rings. The van der Waals surface area contributed by atoms with E-state index in [1.807, 2.05) is 25.9 Å². The third kappa shape index (κ3) is 14.2. The molecule has 0 aliphatic carbocycles. The maximum atomic E-state index is 14.1. The van der Waals surface area contributed by atoms with Crippen LogP contribution in [0.2, 0.25) is 0 Å². The number of carbonyl (C=O) groups is 4. The van der Waals surface area contributed by atoms with Crippen LogP contribution >= 0.6 is 0 Å². The molecular formula is C51H77NO17. The second-order valence-corrected chi connectivity index (χ2v) is 19.9. The molecule has 8 unspecified atom stereocenters. The molecule has 3 aliphatic heterocycles. The van der Waals surface area contributed by atoms with Gasteiger partial charge in [-0.05, 0) is 99.2 Å². The van der Waals surface area contributed by atoms with Crippen molar-refractivity contribution in [1.29, 1.82) is 0 Å². The van der Waals surface area contributed by atoms with E-state index in [1.54, 1.807) is 102 Å². The summed E-state index contributed by atoms with van der Waals surface area (Å²) in [6.07, 6.45) is -9.71. The van der Waals surface area contributed by atoms with Gasteiger partial charge < -0.3 is 58.9 Å². The van der Waals surface area contributed by atoms with Crippen molar-refractivity contribution in [2.24, 2.45) is 23.7 Å². The lowest BCUT2D eigenvalue weighted by Gasteiger charge is -2.49. The first-order chi connectivity index (χ1) is 32.2. The van der Waals surface area contributed by atoms with Crippen molar-refractivity contribution in [3.63, 3.8) is 0 Å². The van der Waals surface area contributed by atoms with Gasteiger partial charge in [-0.1, -0.05) is 64.1 Å². The van der Waals surface area contributed by atoms with Crippen LogP contribution < -0.4 is 0 Å². The fraction of sp³-hybridized carbons (Fsp3) is 0.686. The second-order valence-electron chi connectivity index (χ2n) is 19.9. The van der Waals surface area contributed by atoms with E-state index in [0.717, 1.165) is 0 Å². The Bertz CT molecular complexity index is 1920. The lowest BCUT2D eigenvalue weighted by Crippen LogP contribution is -2.61. The molecule has 2 aromatic carbocycles. The van der Waals surface area contributed by atoms with E-state index in [2.05, 4.69) is 9.78 Å². The third-order valence-corrected chi connectivity index (χ3v) is 14.0. The van der Waals surface area contributed by atoms with Crippen molar-refractivity contribution >= 4 is 23.7 Å². The molecule has 0 amide bonds. The quantitative estimate of drug-likeness (QED) is 0.133. The van der Waals surface area contributed by atoms with Crippen LogP contribution in [-0.4, -0.2) is 160 Å². The molecule has 0 radical (unpaired) electrons. The van der Waals surface area contributed by atoms with Gasteiger partial charge in [-0.2, -0.15) is 0 Å². The second kappa shape index (κ2) is 24.5. The van der Waals surface area contributed by atoms with Crippen molar-refractivity contribution in [1.82, 2.24) is 4.90 Å². The molecule has 0 spiro atoms. The molecule has 0 aromatic heterocycles. The van der Waals surface area contributed by atoms with Crippen LogP contribution in [0.15, 0.2) is 60.7 Å². The van der Waals surface area contributed by atoms with Gasteiger partial charge in [0.25, 0.3) is 0 Å². The standard InChI is InChI=1S/C37H67NO13.C14H10O4/c1-14-25-37(10,45)30(41)20(4)27(39)18(2)16-35(8,44)32(51-34-28(40)24(38(11)12)15-19(3)47-34)21(5)29(22(6)33(43)49-25)50-26-17-36(9,46-13)31(42)23(7)48-26;15-13(11-7-3-1-4-8-11)17-18-14(16)12-9-5-2-6-10-12/h18-26,28-32,34,40-42,44-45H,14-17H2,1-13H3;1-10H/t18-,19?,20+,21+,22-,23?,24?,25-,26?,28?,29+,30-,31?,32-,34?,35-,36?,37-;/m1./s1. The van der Waals surface area contributed by atoms with Gasteiger partial charge in [-0.3, -0.25) is 9.59 Å². The van der Waals surface area contributed by atoms with Crippen molar-refractivity contribution < 1.29 is 82.9 Å². The molecule has 18 atom stereocenters. The number of hydrogen-bond donors (Lipinski definition) is 5. The number of benzene rings is 2. The molecule has 3 saturated heterocycles. The number of cyclic esters (lactones) is 1. The summed E-state index contributed by atoms with van der Waals surface area (Å²) < 4.78 is 37.1. The number of rotatable bonds is 9. The first-order valence-corrected chi connectivity index (χ1v) is 23.8. The van der Waals surface area contributed by atoms with Crippen molar-refractivity contribution in [3.8, 4) is 0 Å². The van der Waals surface area contributed by atoms with E-state index < -0.39 is 119 Å². The topological polar surface area (TPSA) is 247 Å². The van der Waals surface area contributed by atoms with Crippen LogP contribution in [0.5, 0.6) is 0 Å². The highest BCUT2D eigenvalue weighted by atomic mass is 17.2. The number of ether oxygens (including phenoxy) is 6. The normalized spacial score (nSPS) is 39.3. The number of aliphatic hydroxyl groups is 5. The number of ketones is 1. The predicted octanol–water partition coefficient (Wildman–Crippen LogP) is 4.40. The average molecular weight is 976 g/mol. The van der Waals surface area contributed by atoms with Gasteiger partial charge in [0.15, 0.2) is 12.6 Å². The Balaban J connectivity index is 0.000000478. The maximum Gasteiger partial charge on any atom is 0.386 e. The molecule has 69 heavy (non-hydrogen) atoms. The number of nitrogens with zero attached hydrogens (tertiary/aromatic N) is 1. The summed E-state index contributed by atoms with van der Waals surface area (Å²) in [6.45, 7) is 16.3. The van der Waals surface area contributed by atoms with E-state index in [0.29, 0.717) is 17.5 Å². The van der Waals surface area contributed by atoms with E-state index in [1.165, 1.54) is 27.9 Å². The number of esters is 1. The van der Waals surface area contributed by atoms with E-state index in [9.17, 15) is 44.7 Å². The van der Waals surface area contributed by atoms with Gasteiger partial charge in [0.1, 0.15) is 29.7 Å². The van der Waals surface area contributed by atoms with Gasteiger partial charge in [0.2, 0.25) is 0 Å². The molecule has 18 heteroatoms. The van der Waals surface area contributed by atoms with Crippen LogP contribution in [0.3, 0.4) is 0 Å². The molecule has 388 valence electrons. The van der Waals surface area contributed by atoms with E-state index in [-0.39, 0.29) is 31.4 Å². The minimum atomic E-state index is -1.99. The molecule has 3 fully saturated rings. The van der Waals surface area contributed by atoms with Crippen molar-refractivity contribution in [3.05, 3.63) is 71.8 Å². The fourth-order valence-corrected chi connectivity index (χ4v) is 9.73. The number of Topliss-reactive ketones (excluding diaryl/α,β-unsaturated/α-hetero) is 1. The minimum Gasteiger partial charge on any atom is -0.459 e. The Kier molecular flexibility index (Phi) is 20.4. The smallest absolute Gasteiger partial charge is 0.386 e. The zero-order valence-corrected chi connectivity index (χ0v) is 42.3. The molecule has 5 N–H and O–H groups in total. The number of hydrogen-bond acceptors (Lipinski definition) is 18. The van der Waals surface area contributed by atoms with Crippen LogP contribution in [0, 0.1) is 23.7 Å². The Labute approximate surface area is 406 Å². The Morgan fingerprint density at radius 2 is 1.30 bits per heavy atom. The lowest BCUT2D eigenvalue weighted by molar-refractivity contribution is -0.318. The third-order valence-electron chi connectivity index (χ3n) is 14.0. The molecule has 18 nitrogen and oxygen atoms in total. The predicted molar refractivity (Wildman–Crippen MR) is 250 cm³/mol. The zero-order chi connectivity index (χ0) is 51.8. The highest BCUT2D eigenvalue weighted by Crippen LogP contribution is 2.41. The van der Waals surface area contributed by atoms with Crippen molar-refractivity contribution in [2.45, 2.75) is 179 Å². The summed E-state index contributed by atoms with van der Waals surface area (Å²) in [5.41, 5.74) is -4.20. The fourth-order valence-electron chi connectivity index (χ4n) is 9.73. The van der Waals surface area contributed by atoms with Gasteiger partial charge in [-0.15, -0.1) is 0 Å². The summed E-state index contributed by atoms with van der Waals surface area (Å²) >= 11 is 0. The maximum absolute atomic E-state index is 14.1. The molecule has 0 bridgehead atoms. The highest BCUT2D eigenvalue weighted by Gasteiger charge is 2.53. The number of aliphatic hydroxyl groups excluding tert-OH is 3. The summed E-state index contributed by atoms with van der Waals surface area (Å²) in [7, 11) is 5.18. The minimum absolute atomic E-state index is 0.0936. The molecule has 5 rings (SSSR count).